The molecule has 0 bridgehead atoms. The van der Waals surface area contributed by atoms with Gasteiger partial charge in [0, 0.05) is 11.9 Å². The molecule has 0 spiro atoms. The Kier molecular flexibility index (Phi) is 5.86. The maximum Gasteiger partial charge on any atom is 0.0447 e. The van der Waals surface area contributed by atoms with Crippen molar-refractivity contribution < 1.29 is 0 Å². The highest BCUT2D eigenvalue weighted by atomic mass is 14.7. The third-order valence-corrected chi connectivity index (χ3v) is 1.68. The van der Waals surface area contributed by atoms with Crippen molar-refractivity contribution in [1.29, 1.82) is 0 Å². The normalized spacial score (nSPS) is 8.93. The summed E-state index contributed by atoms with van der Waals surface area (Å²) in [6.45, 7) is 14.2. The van der Waals surface area contributed by atoms with Gasteiger partial charge in [0.05, 0.1) is 0 Å². The van der Waals surface area contributed by atoms with Gasteiger partial charge in [-0.3, -0.25) is 4.98 Å². The Labute approximate surface area is 87.9 Å². The van der Waals surface area contributed by atoms with Crippen LogP contribution < -0.4 is 0 Å². The van der Waals surface area contributed by atoms with Crippen molar-refractivity contribution in [2.24, 2.45) is 0 Å². The van der Waals surface area contributed by atoms with E-state index in [1.54, 1.807) is 0 Å². The van der Waals surface area contributed by atoms with Crippen LogP contribution in [0.4, 0.5) is 0 Å². The number of allylic oxidation sites excluding steroid dienone is 1. The molecule has 0 saturated carbocycles. The summed E-state index contributed by atoms with van der Waals surface area (Å²) in [6.07, 6.45) is 3.13. The first-order valence-electron chi connectivity index (χ1n) is 5.12. The van der Waals surface area contributed by atoms with E-state index in [9.17, 15) is 0 Å². The lowest BCUT2D eigenvalue weighted by Gasteiger charge is -2.03. The van der Waals surface area contributed by atoms with Crippen molar-refractivity contribution in [1.82, 2.24) is 4.98 Å². The Bertz CT molecular complexity index is 300. The van der Waals surface area contributed by atoms with Crippen LogP contribution in [0.3, 0.4) is 0 Å². The molecule has 1 nitrogen and oxygen atoms in total. The maximum atomic E-state index is 4.24. The maximum absolute atomic E-state index is 4.24. The third kappa shape index (κ3) is 4.22. The number of nitrogens with zero attached hydrogens (tertiary/aromatic N) is 1. The molecule has 1 rings (SSSR count). The molecule has 0 N–H and O–H groups in total. The molecule has 0 radical (unpaired) electrons. The average Bonchev–Trinajstić information content (AvgIpc) is 2.10. The van der Waals surface area contributed by atoms with Crippen LogP contribution in [0.2, 0.25) is 0 Å². The van der Waals surface area contributed by atoms with E-state index in [2.05, 4.69) is 31.5 Å². The minimum Gasteiger partial charge on any atom is -0.261 e. The first-order valence-corrected chi connectivity index (χ1v) is 5.12. The van der Waals surface area contributed by atoms with Gasteiger partial charge in [-0.2, -0.15) is 0 Å². The Morgan fingerprint density at radius 2 is 1.86 bits per heavy atom. The Balaban J connectivity index is 0.000000500. The van der Waals surface area contributed by atoms with Crippen LogP contribution in [0.1, 0.15) is 44.0 Å². The second-order valence-corrected chi connectivity index (χ2v) is 3.63. The summed E-state index contributed by atoms with van der Waals surface area (Å²) < 4.78 is 0. The predicted molar refractivity (Wildman–Crippen MR) is 64.4 cm³/mol. The summed E-state index contributed by atoms with van der Waals surface area (Å²) in [5.74, 6) is 0. The molecule has 0 aromatic carbocycles. The van der Waals surface area contributed by atoms with Crippen LogP contribution in [-0.2, 0) is 0 Å². The summed E-state index contributed by atoms with van der Waals surface area (Å²) in [7, 11) is 0. The second kappa shape index (κ2) is 6.36. The van der Waals surface area contributed by atoms with Crippen LogP contribution in [0, 0.1) is 13.8 Å². The highest BCUT2D eigenvalue weighted by Crippen LogP contribution is 2.15. The van der Waals surface area contributed by atoms with Gasteiger partial charge in [0.15, 0.2) is 0 Å². The van der Waals surface area contributed by atoms with Crippen LogP contribution >= 0.6 is 0 Å². The molecule has 1 aromatic heterocycles. The highest BCUT2D eigenvalue weighted by Gasteiger charge is 1.98. The van der Waals surface area contributed by atoms with E-state index in [0.717, 1.165) is 11.3 Å². The predicted octanol–water partition coefficient (Wildman–Crippen LogP) is 4.15. The van der Waals surface area contributed by atoms with E-state index in [1.807, 2.05) is 27.0 Å². The van der Waals surface area contributed by atoms with Gasteiger partial charge in [-0.25, -0.2) is 0 Å². The van der Waals surface area contributed by atoms with Crippen LogP contribution in [-0.4, -0.2) is 4.98 Å². The number of pyridine rings is 1. The van der Waals surface area contributed by atoms with Gasteiger partial charge in [-0.15, -0.1) is 0 Å². The zero-order valence-electron chi connectivity index (χ0n) is 10.0. The zero-order valence-corrected chi connectivity index (χ0v) is 10.0. The van der Waals surface area contributed by atoms with Crippen LogP contribution in [0.15, 0.2) is 18.8 Å². The van der Waals surface area contributed by atoms with E-state index in [-0.39, 0.29) is 0 Å². The molecule has 1 heterocycles. The summed E-state index contributed by atoms with van der Waals surface area (Å²) in [6, 6.07) is 2.12. The molecule has 0 aliphatic rings. The van der Waals surface area contributed by atoms with E-state index in [0.29, 0.717) is 0 Å². The molecule has 0 saturated heterocycles. The van der Waals surface area contributed by atoms with Crippen LogP contribution in [0.25, 0.3) is 5.57 Å². The van der Waals surface area contributed by atoms with Crippen LogP contribution in [0.5, 0.6) is 0 Å². The zero-order chi connectivity index (χ0) is 11.1. The summed E-state index contributed by atoms with van der Waals surface area (Å²) >= 11 is 0. The molecule has 78 valence electrons. The second-order valence-electron chi connectivity index (χ2n) is 3.63. The molecule has 1 aromatic rings. The van der Waals surface area contributed by atoms with Gasteiger partial charge < -0.3 is 0 Å². The van der Waals surface area contributed by atoms with E-state index >= 15 is 0 Å². The molecule has 1 heteroatoms. The molecule has 0 aliphatic carbocycles. The van der Waals surface area contributed by atoms with Gasteiger partial charge in [-0.1, -0.05) is 26.8 Å². The smallest absolute Gasteiger partial charge is 0.0447 e. The van der Waals surface area contributed by atoms with Crippen molar-refractivity contribution >= 4 is 5.57 Å². The minimum atomic E-state index is 1.06. The molecule has 0 fully saturated rings. The fourth-order valence-electron chi connectivity index (χ4n) is 1.07. The van der Waals surface area contributed by atoms with Gasteiger partial charge in [-0.05, 0) is 43.5 Å². The van der Waals surface area contributed by atoms with Gasteiger partial charge in [0.1, 0.15) is 0 Å². The fourth-order valence-corrected chi connectivity index (χ4v) is 1.07. The lowest BCUT2D eigenvalue weighted by atomic mass is 10.1. The molecule has 0 atom stereocenters. The standard InChI is InChI=1S/C10H13N.C3H8/c1-7(2)10-5-8(3)6-11-9(10)4;1-3-2/h5-6H,1H2,2-4H3;3H2,1-2H3. The minimum absolute atomic E-state index is 1.06. The SMILES string of the molecule is C=C(C)c1cc(C)cnc1C.CCC. The monoisotopic (exact) mass is 191 g/mol. The molecule has 0 amide bonds. The first-order chi connectivity index (χ1) is 6.52. The van der Waals surface area contributed by atoms with E-state index in [4.69, 9.17) is 0 Å². The molecule has 14 heavy (non-hydrogen) atoms. The lowest BCUT2D eigenvalue weighted by Crippen LogP contribution is -1.89. The summed E-state index contributed by atoms with van der Waals surface area (Å²) in [5.41, 5.74) is 4.50. The first kappa shape index (κ1) is 12.9. The van der Waals surface area contributed by atoms with Gasteiger partial charge in [0.25, 0.3) is 0 Å². The van der Waals surface area contributed by atoms with Crippen molar-refractivity contribution in [2.75, 3.05) is 0 Å². The highest BCUT2D eigenvalue weighted by molar-refractivity contribution is 5.63. The van der Waals surface area contributed by atoms with E-state index in [1.165, 1.54) is 17.5 Å². The van der Waals surface area contributed by atoms with Gasteiger partial charge >= 0.3 is 0 Å². The fraction of sp³-hybridized carbons (Fsp3) is 0.462. The van der Waals surface area contributed by atoms with Gasteiger partial charge in [0.2, 0.25) is 0 Å². The molecular formula is C13H21N. The Morgan fingerprint density at radius 3 is 2.21 bits per heavy atom. The van der Waals surface area contributed by atoms with E-state index < -0.39 is 0 Å². The Hall–Kier alpha value is -1.11. The molecule has 0 aliphatic heterocycles. The summed E-state index contributed by atoms with van der Waals surface area (Å²) in [4.78, 5) is 4.24. The quantitative estimate of drug-likeness (QED) is 0.650. The third-order valence-electron chi connectivity index (χ3n) is 1.68. The number of hydrogen-bond donors (Lipinski definition) is 0. The van der Waals surface area contributed by atoms with Crippen molar-refractivity contribution in [3.8, 4) is 0 Å². The summed E-state index contributed by atoms with van der Waals surface area (Å²) in [5, 5.41) is 0. The topological polar surface area (TPSA) is 12.9 Å². The Morgan fingerprint density at radius 1 is 1.36 bits per heavy atom. The number of aromatic nitrogens is 1. The largest absolute Gasteiger partial charge is 0.261 e. The number of hydrogen-bond acceptors (Lipinski definition) is 1. The number of rotatable bonds is 1. The van der Waals surface area contributed by atoms with Crippen molar-refractivity contribution in [2.45, 2.75) is 41.0 Å². The number of aryl methyl sites for hydroxylation is 2. The average molecular weight is 191 g/mol. The van der Waals surface area contributed by atoms with Crippen molar-refractivity contribution in [3.63, 3.8) is 0 Å². The lowest BCUT2D eigenvalue weighted by molar-refractivity contribution is 1.09. The molecule has 0 unspecified atom stereocenters. The molecular weight excluding hydrogens is 170 g/mol. The van der Waals surface area contributed by atoms with Crippen molar-refractivity contribution in [3.05, 3.63) is 35.7 Å².